The maximum Gasteiger partial charge on any atom is 0.248 e. The van der Waals surface area contributed by atoms with Crippen LogP contribution < -0.4 is 11.1 Å². The van der Waals surface area contributed by atoms with E-state index in [0.29, 0.717) is 37.2 Å². The Balaban J connectivity index is 1.96. The Hall–Kier alpha value is -1.93. The molecule has 0 radical (unpaired) electrons. The van der Waals surface area contributed by atoms with Crippen LogP contribution >= 0.6 is 0 Å². The van der Waals surface area contributed by atoms with Crippen LogP contribution in [0.2, 0.25) is 0 Å². The minimum atomic E-state index is -3.20. The van der Waals surface area contributed by atoms with E-state index in [-0.39, 0.29) is 11.8 Å². The first-order chi connectivity index (χ1) is 10.3. The molecule has 0 aromatic heterocycles. The molecule has 3 N–H and O–H groups in total. The summed E-state index contributed by atoms with van der Waals surface area (Å²) in [6, 6.07) is 6.41. The average molecular weight is 325 g/mol. The summed E-state index contributed by atoms with van der Waals surface area (Å²) in [4.78, 5) is 23.3. The van der Waals surface area contributed by atoms with Crippen molar-refractivity contribution < 1.29 is 18.0 Å². The number of sulfonamides is 1. The van der Waals surface area contributed by atoms with E-state index in [1.54, 1.807) is 18.2 Å². The number of hydrogen-bond donors (Lipinski definition) is 2. The molecule has 1 aliphatic heterocycles. The summed E-state index contributed by atoms with van der Waals surface area (Å²) in [5, 5.41) is 2.75. The zero-order valence-electron chi connectivity index (χ0n) is 12.3. The lowest BCUT2D eigenvalue weighted by Crippen LogP contribution is -2.40. The van der Waals surface area contributed by atoms with E-state index in [1.807, 2.05) is 0 Å². The summed E-state index contributed by atoms with van der Waals surface area (Å²) in [5.41, 5.74) is 6.03. The minimum Gasteiger partial charge on any atom is -0.366 e. The summed E-state index contributed by atoms with van der Waals surface area (Å²) in [7, 11) is -3.20. The van der Waals surface area contributed by atoms with Crippen molar-refractivity contribution in [2.75, 3.05) is 24.7 Å². The lowest BCUT2D eigenvalue weighted by Gasteiger charge is -2.29. The quantitative estimate of drug-likeness (QED) is 0.834. The lowest BCUT2D eigenvalue weighted by molar-refractivity contribution is -0.120. The van der Waals surface area contributed by atoms with Crippen LogP contribution in [-0.4, -0.2) is 43.9 Å². The second-order valence-corrected chi connectivity index (χ2v) is 7.35. The molecule has 2 amide bonds. The highest BCUT2D eigenvalue weighted by Gasteiger charge is 2.28. The normalized spacial score (nSPS) is 17.1. The molecule has 2 rings (SSSR count). The van der Waals surface area contributed by atoms with Gasteiger partial charge in [0.15, 0.2) is 0 Å². The number of nitrogens with zero attached hydrogens (tertiary/aromatic N) is 1. The van der Waals surface area contributed by atoms with E-state index in [9.17, 15) is 18.0 Å². The number of benzene rings is 1. The van der Waals surface area contributed by atoms with Crippen molar-refractivity contribution in [1.82, 2.24) is 4.31 Å². The molecule has 0 aliphatic carbocycles. The molecule has 1 aromatic carbocycles. The Morgan fingerprint density at radius 2 is 1.91 bits per heavy atom. The van der Waals surface area contributed by atoms with Crippen LogP contribution in [0.3, 0.4) is 0 Å². The topological polar surface area (TPSA) is 110 Å². The molecular weight excluding hydrogens is 306 g/mol. The van der Waals surface area contributed by atoms with Crippen LogP contribution in [0.25, 0.3) is 0 Å². The van der Waals surface area contributed by atoms with Crippen LogP contribution in [0.15, 0.2) is 24.3 Å². The maximum absolute atomic E-state index is 12.2. The number of nitrogens with one attached hydrogen (secondary N) is 1. The third kappa shape index (κ3) is 4.05. The van der Waals surface area contributed by atoms with Gasteiger partial charge in [0, 0.05) is 30.3 Å². The molecule has 22 heavy (non-hydrogen) atoms. The Bertz CT molecular complexity index is 679. The number of anilines is 1. The molecule has 0 atom stereocenters. The lowest BCUT2D eigenvalue weighted by atomic mass is 9.97. The molecule has 8 heteroatoms. The number of carbonyl (C=O) groups excluding carboxylic acids is 2. The highest BCUT2D eigenvalue weighted by atomic mass is 32.2. The monoisotopic (exact) mass is 325 g/mol. The predicted molar refractivity (Wildman–Crippen MR) is 82.7 cm³/mol. The van der Waals surface area contributed by atoms with Crippen molar-refractivity contribution in [2.45, 2.75) is 12.8 Å². The van der Waals surface area contributed by atoms with Crippen LogP contribution in [0.1, 0.15) is 23.2 Å². The zero-order valence-corrected chi connectivity index (χ0v) is 13.1. The molecule has 0 unspecified atom stereocenters. The molecule has 120 valence electrons. The fraction of sp³-hybridized carbons (Fsp3) is 0.429. The van der Waals surface area contributed by atoms with E-state index in [2.05, 4.69) is 5.32 Å². The van der Waals surface area contributed by atoms with Gasteiger partial charge in [-0.25, -0.2) is 12.7 Å². The second-order valence-electron chi connectivity index (χ2n) is 5.37. The molecule has 0 saturated carbocycles. The third-order valence-electron chi connectivity index (χ3n) is 3.71. The van der Waals surface area contributed by atoms with E-state index in [0.717, 1.165) is 0 Å². The molecule has 0 spiro atoms. The summed E-state index contributed by atoms with van der Waals surface area (Å²) in [5.74, 6) is -0.970. The van der Waals surface area contributed by atoms with Crippen LogP contribution in [0, 0.1) is 5.92 Å². The van der Waals surface area contributed by atoms with Gasteiger partial charge >= 0.3 is 0 Å². The van der Waals surface area contributed by atoms with Gasteiger partial charge in [-0.2, -0.15) is 0 Å². The number of primary amides is 1. The van der Waals surface area contributed by atoms with Crippen LogP contribution in [-0.2, 0) is 14.8 Å². The van der Waals surface area contributed by atoms with E-state index in [4.69, 9.17) is 5.73 Å². The Labute approximate surface area is 129 Å². The van der Waals surface area contributed by atoms with Crippen LogP contribution in [0.4, 0.5) is 5.69 Å². The highest BCUT2D eigenvalue weighted by molar-refractivity contribution is 7.88. The number of piperidine rings is 1. The maximum atomic E-state index is 12.2. The van der Waals surface area contributed by atoms with Crippen molar-refractivity contribution in [1.29, 1.82) is 0 Å². The average Bonchev–Trinajstić information content (AvgIpc) is 2.46. The molecule has 1 fully saturated rings. The smallest absolute Gasteiger partial charge is 0.248 e. The van der Waals surface area contributed by atoms with Crippen molar-refractivity contribution in [3.05, 3.63) is 29.8 Å². The van der Waals surface area contributed by atoms with Crippen molar-refractivity contribution >= 4 is 27.5 Å². The molecular formula is C14H19N3O4S. The van der Waals surface area contributed by atoms with Gasteiger partial charge in [0.05, 0.1) is 6.26 Å². The fourth-order valence-electron chi connectivity index (χ4n) is 2.44. The molecule has 0 bridgehead atoms. The molecule has 1 saturated heterocycles. The van der Waals surface area contributed by atoms with Gasteiger partial charge in [-0.15, -0.1) is 0 Å². The van der Waals surface area contributed by atoms with Gasteiger partial charge in [0.2, 0.25) is 21.8 Å². The number of carbonyl (C=O) groups is 2. The first-order valence-corrected chi connectivity index (χ1v) is 8.78. The Kier molecular flexibility index (Phi) is 4.82. The summed E-state index contributed by atoms with van der Waals surface area (Å²) >= 11 is 0. The van der Waals surface area contributed by atoms with Gasteiger partial charge in [0.25, 0.3) is 0 Å². The zero-order chi connectivity index (χ0) is 16.3. The first kappa shape index (κ1) is 16.4. The largest absolute Gasteiger partial charge is 0.366 e. The highest BCUT2D eigenvalue weighted by Crippen LogP contribution is 2.21. The predicted octanol–water partition coefficient (Wildman–Crippen LogP) is 0.396. The first-order valence-electron chi connectivity index (χ1n) is 6.93. The summed E-state index contributed by atoms with van der Waals surface area (Å²) in [6.07, 6.45) is 2.13. The minimum absolute atomic E-state index is 0.172. The van der Waals surface area contributed by atoms with Crippen molar-refractivity contribution in [2.24, 2.45) is 11.7 Å². The molecule has 1 aromatic rings. The van der Waals surface area contributed by atoms with E-state index < -0.39 is 15.9 Å². The molecule has 7 nitrogen and oxygen atoms in total. The van der Waals surface area contributed by atoms with Gasteiger partial charge in [-0.05, 0) is 31.0 Å². The summed E-state index contributed by atoms with van der Waals surface area (Å²) in [6.45, 7) is 0.691. The van der Waals surface area contributed by atoms with Gasteiger partial charge in [-0.3, -0.25) is 9.59 Å². The van der Waals surface area contributed by atoms with E-state index >= 15 is 0 Å². The number of rotatable bonds is 4. The second kappa shape index (κ2) is 6.45. The standard InChI is InChI=1S/C14H19N3O4S/c1-22(20,21)17-7-5-10(6-8-17)14(19)16-12-4-2-3-11(9-12)13(15)18/h2-4,9-10H,5-8H2,1H3,(H2,15,18)(H,16,19). The SMILES string of the molecule is CS(=O)(=O)N1CCC(C(=O)Nc2cccc(C(N)=O)c2)CC1. The molecule has 1 aliphatic rings. The van der Waals surface area contributed by atoms with Gasteiger partial charge < -0.3 is 11.1 Å². The number of nitrogens with two attached hydrogens (primary N) is 1. The summed E-state index contributed by atoms with van der Waals surface area (Å²) < 4.78 is 24.3. The number of hydrogen-bond acceptors (Lipinski definition) is 4. The van der Waals surface area contributed by atoms with Gasteiger partial charge in [0.1, 0.15) is 0 Å². The third-order valence-corrected chi connectivity index (χ3v) is 5.01. The number of amides is 2. The fourth-order valence-corrected chi connectivity index (χ4v) is 3.32. The van der Waals surface area contributed by atoms with Crippen LogP contribution in [0.5, 0.6) is 0 Å². The van der Waals surface area contributed by atoms with Gasteiger partial charge in [-0.1, -0.05) is 6.07 Å². The van der Waals surface area contributed by atoms with Crippen molar-refractivity contribution in [3.63, 3.8) is 0 Å². The molecule has 1 heterocycles. The van der Waals surface area contributed by atoms with Crippen molar-refractivity contribution in [3.8, 4) is 0 Å². The van der Waals surface area contributed by atoms with E-state index in [1.165, 1.54) is 16.6 Å². The Morgan fingerprint density at radius 3 is 2.45 bits per heavy atom. The Morgan fingerprint density at radius 1 is 1.27 bits per heavy atom.